The van der Waals surface area contributed by atoms with E-state index in [2.05, 4.69) is 43.7 Å². The van der Waals surface area contributed by atoms with Crippen molar-refractivity contribution < 1.29 is 5.11 Å². The minimum absolute atomic E-state index is 0.146. The molecule has 7 heteroatoms. The van der Waals surface area contributed by atoms with Gasteiger partial charge in [-0.3, -0.25) is 9.78 Å². The van der Waals surface area contributed by atoms with Crippen LogP contribution in [-0.4, -0.2) is 27.7 Å². The van der Waals surface area contributed by atoms with Gasteiger partial charge >= 0.3 is 0 Å². The van der Waals surface area contributed by atoms with Crippen LogP contribution in [0.2, 0.25) is 0 Å². The molecular weight excluding hydrogens is 468 g/mol. The number of nitrogens with one attached hydrogen (secondary N) is 2. The summed E-state index contributed by atoms with van der Waals surface area (Å²) in [4.78, 5) is 16.2. The Kier molecular flexibility index (Phi) is 9.11. The quantitative estimate of drug-likeness (QED) is 0.296. The Balaban J connectivity index is 1.26. The highest BCUT2D eigenvalue weighted by Gasteiger charge is 2.10. The molecule has 6 nitrogen and oxygen atoms in total. The maximum absolute atomic E-state index is 11.7. The van der Waals surface area contributed by atoms with Crippen molar-refractivity contribution in [2.75, 3.05) is 18.4 Å². The number of hydrogen-bond acceptors (Lipinski definition) is 5. The van der Waals surface area contributed by atoms with E-state index in [0.717, 1.165) is 52.7 Å². The first-order valence-corrected chi connectivity index (χ1v) is 12.1. The lowest BCUT2D eigenvalue weighted by Gasteiger charge is -2.14. The Morgan fingerprint density at radius 3 is 2.53 bits per heavy atom. The van der Waals surface area contributed by atoms with Crippen molar-refractivity contribution in [1.29, 1.82) is 0 Å². The standard InChI is InChI=1S/C25H33BrN4O2/c1-18-15-24(31)25(32)23(30(18)2)17-27-12-7-5-3-4-6-8-13-28-21-11-14-29-22-16-19(26)9-10-20(21)22/h9-11,14-16,27,32H,3-8,12-13,17H2,1-2H3,(H,28,29). The molecule has 3 rings (SSSR count). The Morgan fingerprint density at radius 1 is 1.03 bits per heavy atom. The molecule has 1 aromatic carbocycles. The molecule has 0 aliphatic rings. The predicted molar refractivity (Wildman–Crippen MR) is 135 cm³/mol. The minimum atomic E-state index is -0.308. The third-order valence-electron chi connectivity index (χ3n) is 5.87. The number of aromatic hydroxyl groups is 1. The van der Waals surface area contributed by atoms with E-state index >= 15 is 0 Å². The highest BCUT2D eigenvalue weighted by atomic mass is 79.9. The minimum Gasteiger partial charge on any atom is -0.503 e. The summed E-state index contributed by atoms with van der Waals surface area (Å²) in [6, 6.07) is 9.70. The van der Waals surface area contributed by atoms with Gasteiger partial charge in [-0.05, 0) is 50.6 Å². The van der Waals surface area contributed by atoms with E-state index in [-0.39, 0.29) is 11.2 Å². The van der Waals surface area contributed by atoms with Crippen molar-refractivity contribution in [2.24, 2.45) is 7.05 Å². The number of fused-ring (bicyclic) bond motifs is 1. The topological polar surface area (TPSA) is 79.2 Å². The molecule has 0 aliphatic carbocycles. The number of unbranched alkanes of at least 4 members (excludes halogenated alkanes) is 5. The SMILES string of the molecule is Cc1cc(=O)c(O)c(CNCCCCCCCCNc2ccnc3cc(Br)ccc23)n1C. The van der Waals surface area contributed by atoms with Gasteiger partial charge in [0.2, 0.25) is 5.43 Å². The molecule has 2 aromatic heterocycles. The summed E-state index contributed by atoms with van der Waals surface area (Å²) in [5.41, 5.74) is 3.34. The highest BCUT2D eigenvalue weighted by molar-refractivity contribution is 9.10. The van der Waals surface area contributed by atoms with E-state index in [9.17, 15) is 9.90 Å². The molecule has 0 saturated heterocycles. The lowest BCUT2D eigenvalue weighted by molar-refractivity contribution is 0.444. The second kappa shape index (κ2) is 12.0. The average Bonchev–Trinajstić information content (AvgIpc) is 2.77. The van der Waals surface area contributed by atoms with Gasteiger partial charge in [0.25, 0.3) is 0 Å². The fourth-order valence-corrected chi connectivity index (χ4v) is 4.21. The first kappa shape index (κ1) is 24.3. The third-order valence-corrected chi connectivity index (χ3v) is 6.37. The normalized spacial score (nSPS) is 11.2. The second-order valence-electron chi connectivity index (χ2n) is 8.25. The molecule has 0 unspecified atom stereocenters. The van der Waals surface area contributed by atoms with Gasteiger partial charge in [-0.25, -0.2) is 0 Å². The summed E-state index contributed by atoms with van der Waals surface area (Å²) in [7, 11) is 1.87. The summed E-state index contributed by atoms with van der Waals surface area (Å²) in [6.45, 7) is 4.23. The number of benzene rings is 1. The van der Waals surface area contributed by atoms with Crippen LogP contribution >= 0.6 is 15.9 Å². The van der Waals surface area contributed by atoms with Gasteiger partial charge in [-0.2, -0.15) is 0 Å². The van der Waals surface area contributed by atoms with Crippen molar-refractivity contribution in [1.82, 2.24) is 14.9 Å². The molecule has 172 valence electrons. The van der Waals surface area contributed by atoms with Gasteiger partial charge < -0.3 is 20.3 Å². The van der Waals surface area contributed by atoms with Crippen molar-refractivity contribution in [3.63, 3.8) is 0 Å². The summed E-state index contributed by atoms with van der Waals surface area (Å²) < 4.78 is 2.91. The molecule has 0 atom stereocenters. The number of halogens is 1. The van der Waals surface area contributed by atoms with Crippen LogP contribution in [-0.2, 0) is 13.6 Å². The van der Waals surface area contributed by atoms with Crippen LogP contribution in [0.25, 0.3) is 10.9 Å². The van der Waals surface area contributed by atoms with Crippen LogP contribution in [0.5, 0.6) is 5.75 Å². The molecule has 32 heavy (non-hydrogen) atoms. The van der Waals surface area contributed by atoms with Gasteiger partial charge in [0.15, 0.2) is 5.75 Å². The molecule has 2 heterocycles. The van der Waals surface area contributed by atoms with Gasteiger partial charge in [-0.15, -0.1) is 0 Å². The van der Waals surface area contributed by atoms with Gasteiger partial charge in [-0.1, -0.05) is 41.6 Å². The number of aromatic nitrogens is 2. The maximum atomic E-state index is 11.7. The average molecular weight is 501 g/mol. The van der Waals surface area contributed by atoms with Crippen LogP contribution in [0.1, 0.15) is 49.9 Å². The zero-order valence-electron chi connectivity index (χ0n) is 19.0. The van der Waals surface area contributed by atoms with Crippen molar-refractivity contribution in [2.45, 2.75) is 52.0 Å². The molecule has 0 fully saturated rings. The van der Waals surface area contributed by atoms with Gasteiger partial charge in [0, 0.05) is 53.6 Å². The van der Waals surface area contributed by atoms with Crippen LogP contribution in [0.4, 0.5) is 5.69 Å². The Bertz CT molecular complexity index is 1100. The summed E-state index contributed by atoms with van der Waals surface area (Å²) in [5.74, 6) is -0.146. The summed E-state index contributed by atoms with van der Waals surface area (Å²) in [5, 5.41) is 18.0. The first-order chi connectivity index (χ1) is 15.5. The number of hydrogen-bond donors (Lipinski definition) is 3. The Morgan fingerprint density at radius 2 is 1.75 bits per heavy atom. The number of anilines is 1. The summed E-state index contributed by atoms with van der Waals surface area (Å²) >= 11 is 3.50. The lowest BCUT2D eigenvalue weighted by atomic mass is 10.1. The van der Waals surface area contributed by atoms with Crippen LogP contribution in [0.3, 0.4) is 0 Å². The molecule has 0 saturated carbocycles. The van der Waals surface area contributed by atoms with E-state index in [4.69, 9.17) is 0 Å². The monoisotopic (exact) mass is 500 g/mol. The lowest BCUT2D eigenvalue weighted by Crippen LogP contribution is -2.21. The van der Waals surface area contributed by atoms with E-state index in [1.807, 2.05) is 36.9 Å². The zero-order chi connectivity index (χ0) is 22.9. The predicted octanol–water partition coefficient (Wildman–Crippen LogP) is 5.25. The molecule has 0 radical (unpaired) electrons. The molecule has 3 N–H and O–H groups in total. The molecular formula is C25H33BrN4O2. The number of pyridine rings is 2. The number of aryl methyl sites for hydroxylation is 1. The Labute approximate surface area is 198 Å². The number of rotatable bonds is 12. The van der Waals surface area contributed by atoms with Crippen molar-refractivity contribution in [3.05, 3.63) is 62.6 Å². The third kappa shape index (κ3) is 6.56. The van der Waals surface area contributed by atoms with Crippen LogP contribution < -0.4 is 16.1 Å². The molecule has 0 spiro atoms. The van der Waals surface area contributed by atoms with E-state index in [0.29, 0.717) is 12.2 Å². The Hall–Kier alpha value is -2.38. The largest absolute Gasteiger partial charge is 0.503 e. The highest BCUT2D eigenvalue weighted by Crippen LogP contribution is 2.24. The fraction of sp³-hybridized carbons (Fsp3) is 0.440. The molecule has 0 amide bonds. The molecule has 3 aromatic rings. The van der Waals surface area contributed by atoms with Gasteiger partial charge in [0.05, 0.1) is 11.2 Å². The van der Waals surface area contributed by atoms with Crippen LogP contribution in [0.15, 0.2) is 45.8 Å². The van der Waals surface area contributed by atoms with Crippen LogP contribution in [0, 0.1) is 6.92 Å². The first-order valence-electron chi connectivity index (χ1n) is 11.3. The molecule has 0 aliphatic heterocycles. The zero-order valence-corrected chi connectivity index (χ0v) is 20.5. The second-order valence-corrected chi connectivity index (χ2v) is 9.16. The van der Waals surface area contributed by atoms with E-state index in [1.54, 1.807) is 0 Å². The fourth-order valence-electron chi connectivity index (χ4n) is 3.86. The van der Waals surface area contributed by atoms with E-state index in [1.165, 1.54) is 31.7 Å². The smallest absolute Gasteiger partial charge is 0.223 e. The maximum Gasteiger partial charge on any atom is 0.223 e. The van der Waals surface area contributed by atoms with E-state index < -0.39 is 0 Å². The van der Waals surface area contributed by atoms with Crippen molar-refractivity contribution in [3.8, 4) is 5.75 Å². The molecule has 0 bridgehead atoms. The number of nitrogens with zero attached hydrogens (tertiary/aromatic N) is 2. The summed E-state index contributed by atoms with van der Waals surface area (Å²) in [6.07, 6.45) is 8.96. The van der Waals surface area contributed by atoms with Gasteiger partial charge in [0.1, 0.15) is 0 Å². The van der Waals surface area contributed by atoms with Crippen molar-refractivity contribution >= 4 is 32.5 Å².